The Balaban J connectivity index is 1.67. The molecule has 2 aliphatic heterocycles. The van der Waals surface area contributed by atoms with Crippen molar-refractivity contribution in [2.24, 2.45) is 17.8 Å². The molecule has 0 aromatic heterocycles. The number of aliphatic hydroxyl groups is 4. The van der Waals surface area contributed by atoms with Crippen LogP contribution < -0.4 is 0 Å². The molecule has 3 aliphatic rings. The maximum Gasteiger partial charge on any atom is 0.309 e. The Kier molecular flexibility index (Phi) is 7.84. The van der Waals surface area contributed by atoms with Gasteiger partial charge in [-0.05, 0) is 23.5 Å². The van der Waals surface area contributed by atoms with Crippen LogP contribution in [0.2, 0.25) is 0 Å². The molecule has 0 aromatic rings. The Hall–Kier alpha value is -1.82. The molecule has 31 heavy (non-hydrogen) atoms. The minimum Gasteiger partial charge on any atom is -0.462 e. The lowest BCUT2D eigenvalue weighted by atomic mass is 9.84. The molecule has 3 rings (SSSR count). The van der Waals surface area contributed by atoms with Crippen LogP contribution in [0.5, 0.6) is 0 Å². The number of allylic oxidation sites excluding steroid dienone is 1. The summed E-state index contributed by atoms with van der Waals surface area (Å²) in [6.07, 6.45) is -2.63. The maximum atomic E-state index is 12.1. The van der Waals surface area contributed by atoms with E-state index in [1.807, 2.05) is 19.9 Å². The maximum absolute atomic E-state index is 12.1. The zero-order valence-corrected chi connectivity index (χ0v) is 17.5. The van der Waals surface area contributed by atoms with Gasteiger partial charge in [-0.25, -0.2) is 0 Å². The normalized spacial score (nSPS) is 35.3. The van der Waals surface area contributed by atoms with Crippen LogP contribution in [0.15, 0.2) is 23.5 Å². The van der Waals surface area contributed by atoms with Crippen molar-refractivity contribution in [3.8, 4) is 0 Å². The summed E-state index contributed by atoms with van der Waals surface area (Å²) < 4.78 is 22.0. The van der Waals surface area contributed by atoms with Crippen molar-refractivity contribution in [2.45, 2.75) is 57.6 Å². The first-order valence-corrected chi connectivity index (χ1v) is 10.4. The van der Waals surface area contributed by atoms with Crippen molar-refractivity contribution in [1.29, 1.82) is 0 Å². The van der Waals surface area contributed by atoms with Crippen molar-refractivity contribution in [3.63, 3.8) is 0 Å². The highest BCUT2D eigenvalue weighted by Gasteiger charge is 2.46. The molecular weight excluding hydrogens is 412 g/mol. The summed E-state index contributed by atoms with van der Waals surface area (Å²) in [5.74, 6) is -1.68. The molecule has 0 aromatic carbocycles. The van der Waals surface area contributed by atoms with Gasteiger partial charge in [0.15, 0.2) is 18.2 Å². The topological polar surface area (TPSA) is 152 Å². The lowest BCUT2D eigenvalue weighted by Gasteiger charge is -2.37. The summed E-state index contributed by atoms with van der Waals surface area (Å²) in [6.45, 7) is 2.93. The van der Waals surface area contributed by atoms with Crippen LogP contribution in [0.3, 0.4) is 0 Å². The summed E-state index contributed by atoms with van der Waals surface area (Å²) in [7, 11) is 0. The molecule has 1 fully saturated rings. The number of hydrogen-bond acceptors (Lipinski definition) is 10. The Morgan fingerprint density at radius 3 is 2.58 bits per heavy atom. The Bertz CT molecular complexity index is 730. The molecule has 174 valence electrons. The van der Waals surface area contributed by atoms with Gasteiger partial charge in [-0.2, -0.15) is 0 Å². The predicted molar refractivity (Wildman–Crippen MR) is 104 cm³/mol. The second-order valence-corrected chi connectivity index (χ2v) is 8.42. The third-order valence-electron chi connectivity index (χ3n) is 5.72. The number of carbonyl (C=O) groups excluding carboxylic acids is 2. The first kappa shape index (κ1) is 23.8. The van der Waals surface area contributed by atoms with E-state index >= 15 is 0 Å². The number of ketones is 1. The third-order valence-corrected chi connectivity index (χ3v) is 5.72. The smallest absolute Gasteiger partial charge is 0.309 e. The second kappa shape index (κ2) is 10.2. The molecular formula is C21H30O10. The molecule has 10 heteroatoms. The summed E-state index contributed by atoms with van der Waals surface area (Å²) in [4.78, 5) is 24.1. The lowest BCUT2D eigenvalue weighted by Crippen LogP contribution is -2.56. The van der Waals surface area contributed by atoms with Crippen LogP contribution in [-0.2, 0) is 28.5 Å². The Morgan fingerprint density at radius 1 is 1.19 bits per heavy atom. The van der Waals surface area contributed by atoms with Crippen molar-refractivity contribution in [1.82, 2.24) is 0 Å². The van der Waals surface area contributed by atoms with Gasteiger partial charge in [-0.3, -0.25) is 9.59 Å². The van der Waals surface area contributed by atoms with E-state index in [2.05, 4.69) is 0 Å². The fourth-order valence-corrected chi connectivity index (χ4v) is 4.08. The molecule has 0 unspecified atom stereocenters. The van der Waals surface area contributed by atoms with Gasteiger partial charge in [0, 0.05) is 12.3 Å². The van der Waals surface area contributed by atoms with Crippen molar-refractivity contribution in [3.05, 3.63) is 23.5 Å². The Morgan fingerprint density at radius 2 is 1.94 bits per heavy atom. The minimum absolute atomic E-state index is 0.0658. The molecule has 7 atom stereocenters. The molecule has 0 bridgehead atoms. The number of hydrogen-bond donors (Lipinski definition) is 4. The quantitative estimate of drug-likeness (QED) is 0.283. The largest absolute Gasteiger partial charge is 0.462 e. The number of carbonyl (C=O) groups is 2. The molecule has 0 spiro atoms. The average Bonchev–Trinajstić information content (AvgIpc) is 3.17. The van der Waals surface area contributed by atoms with Gasteiger partial charge in [0.2, 0.25) is 6.29 Å². The molecule has 0 radical (unpaired) electrons. The second-order valence-electron chi connectivity index (χ2n) is 8.42. The van der Waals surface area contributed by atoms with Gasteiger partial charge >= 0.3 is 5.97 Å². The predicted octanol–water partition coefficient (Wildman–Crippen LogP) is -0.605. The average molecular weight is 442 g/mol. The molecule has 1 aliphatic carbocycles. The van der Waals surface area contributed by atoms with Crippen molar-refractivity contribution >= 4 is 11.8 Å². The van der Waals surface area contributed by atoms with E-state index in [-0.39, 0.29) is 43.4 Å². The molecule has 0 amide bonds. The van der Waals surface area contributed by atoms with Gasteiger partial charge < -0.3 is 39.4 Å². The lowest BCUT2D eigenvalue weighted by molar-refractivity contribution is -0.254. The molecule has 0 saturated carbocycles. The molecule has 1 saturated heterocycles. The first-order chi connectivity index (χ1) is 14.8. The Labute approximate surface area is 180 Å². The summed E-state index contributed by atoms with van der Waals surface area (Å²) >= 11 is 0. The van der Waals surface area contributed by atoms with E-state index in [0.717, 1.165) is 0 Å². The highest BCUT2D eigenvalue weighted by molar-refractivity contribution is 5.88. The van der Waals surface area contributed by atoms with Crippen LogP contribution in [0.25, 0.3) is 0 Å². The van der Waals surface area contributed by atoms with E-state index in [9.17, 15) is 30.0 Å². The summed E-state index contributed by atoms with van der Waals surface area (Å²) in [5.41, 5.74) is 1.38. The summed E-state index contributed by atoms with van der Waals surface area (Å²) in [6, 6.07) is 0. The monoisotopic (exact) mass is 442 g/mol. The van der Waals surface area contributed by atoms with E-state index in [0.29, 0.717) is 17.6 Å². The third kappa shape index (κ3) is 5.16. The van der Waals surface area contributed by atoms with Crippen LogP contribution in [0.4, 0.5) is 0 Å². The minimum atomic E-state index is -1.70. The number of ether oxygens (including phenoxy) is 4. The van der Waals surface area contributed by atoms with Crippen molar-refractivity contribution in [2.75, 3.05) is 19.8 Å². The van der Waals surface area contributed by atoms with Gasteiger partial charge in [0.1, 0.15) is 12.2 Å². The highest BCUT2D eigenvalue weighted by Crippen LogP contribution is 2.43. The molecule has 4 N–H and O–H groups in total. The van der Waals surface area contributed by atoms with Crippen molar-refractivity contribution < 1.29 is 49.0 Å². The van der Waals surface area contributed by atoms with Crippen LogP contribution >= 0.6 is 0 Å². The van der Waals surface area contributed by atoms with Gasteiger partial charge in [-0.1, -0.05) is 19.9 Å². The van der Waals surface area contributed by atoms with E-state index in [1.165, 1.54) is 6.26 Å². The van der Waals surface area contributed by atoms with Gasteiger partial charge in [0.25, 0.3) is 0 Å². The first-order valence-electron chi connectivity index (χ1n) is 10.4. The van der Waals surface area contributed by atoms with Gasteiger partial charge in [0.05, 0.1) is 32.0 Å². The van der Waals surface area contributed by atoms with Crippen LogP contribution in [-0.4, -0.2) is 82.9 Å². The van der Waals surface area contributed by atoms with E-state index in [1.54, 1.807) is 0 Å². The number of Topliss-reactive ketones (excluding diaryl/α,β-unsaturated/α-hetero) is 1. The fourth-order valence-electron chi connectivity index (χ4n) is 4.08. The number of aliphatic hydroxyl groups excluding tert-OH is 4. The number of rotatable bonds is 8. The molecule has 2 heterocycles. The van der Waals surface area contributed by atoms with E-state index < -0.39 is 43.3 Å². The summed E-state index contributed by atoms with van der Waals surface area (Å²) in [5, 5.41) is 38.7. The highest BCUT2D eigenvalue weighted by atomic mass is 16.7. The standard InChI is InChI=1S/C21H30O10/c1-10(2)5-15(24)31-20-16-11(6-22)3-4-13(16)12(8-28-20)9-29-21-19(27)18(26)17(25)14(7-23)30-21/h3,8,10,13-14,16-17,19-23,25,27H,4-7,9H2,1-2H3/t13-,14-,16-,17+,19+,20+,21-/m1/s1. The SMILES string of the molecule is CC(C)CC(=O)O[C@@H]1OC=C(CO[C@@H]2O[C@H](CO)[C@H](O)C(=O)[C@@H]2O)[C@H]2CC=C(CO)[C@@H]12. The molecule has 10 nitrogen and oxygen atoms in total. The van der Waals surface area contributed by atoms with Crippen LogP contribution in [0, 0.1) is 17.8 Å². The fraction of sp³-hybridized carbons (Fsp3) is 0.714. The number of fused-ring (bicyclic) bond motifs is 1. The van der Waals surface area contributed by atoms with Gasteiger partial charge in [-0.15, -0.1) is 0 Å². The zero-order chi connectivity index (χ0) is 22.7. The zero-order valence-electron chi connectivity index (χ0n) is 17.5. The van der Waals surface area contributed by atoms with Crippen LogP contribution in [0.1, 0.15) is 26.7 Å². The number of esters is 1. The van der Waals surface area contributed by atoms with E-state index in [4.69, 9.17) is 18.9 Å².